The quantitative estimate of drug-likeness (QED) is 0.893. The number of pyridine rings is 1. The van der Waals surface area contributed by atoms with Crippen molar-refractivity contribution in [3.05, 3.63) is 53.2 Å². The zero-order valence-corrected chi connectivity index (χ0v) is 15.6. The van der Waals surface area contributed by atoms with Crippen LogP contribution in [0, 0.1) is 0 Å². The molecular formula is C19H23ClN4O2. The maximum Gasteiger partial charge on any atom is 0.317 e. The molecule has 26 heavy (non-hydrogen) atoms. The van der Waals surface area contributed by atoms with E-state index in [1.807, 2.05) is 35.2 Å². The molecule has 0 aliphatic carbocycles. The van der Waals surface area contributed by atoms with Crippen molar-refractivity contribution in [2.24, 2.45) is 0 Å². The van der Waals surface area contributed by atoms with E-state index in [2.05, 4.69) is 15.2 Å². The summed E-state index contributed by atoms with van der Waals surface area (Å²) in [7, 11) is 1.60. The highest BCUT2D eigenvalue weighted by Gasteiger charge is 2.20. The van der Waals surface area contributed by atoms with Crippen LogP contribution in [0.4, 0.5) is 10.6 Å². The minimum absolute atomic E-state index is 0.0881. The van der Waals surface area contributed by atoms with Gasteiger partial charge in [0.2, 0.25) is 0 Å². The lowest BCUT2D eigenvalue weighted by atomic mass is 10.2. The summed E-state index contributed by atoms with van der Waals surface area (Å²) in [5, 5.41) is 3.54. The number of urea groups is 1. The number of nitrogens with one attached hydrogen (secondary N) is 1. The van der Waals surface area contributed by atoms with Crippen LogP contribution < -0.4 is 15.0 Å². The Kier molecular flexibility index (Phi) is 6.17. The summed E-state index contributed by atoms with van der Waals surface area (Å²) in [5.74, 6) is 1.63. The average molecular weight is 375 g/mol. The van der Waals surface area contributed by atoms with Gasteiger partial charge in [0.15, 0.2) is 0 Å². The Morgan fingerprint density at radius 2 is 2.08 bits per heavy atom. The number of benzene rings is 1. The topological polar surface area (TPSA) is 57.7 Å². The number of hydrogen-bond donors (Lipinski definition) is 1. The van der Waals surface area contributed by atoms with Crippen LogP contribution in [0.5, 0.6) is 5.75 Å². The van der Waals surface area contributed by atoms with Gasteiger partial charge in [0, 0.05) is 49.5 Å². The zero-order chi connectivity index (χ0) is 18.4. The number of hydrogen-bond acceptors (Lipinski definition) is 4. The van der Waals surface area contributed by atoms with Crippen molar-refractivity contribution < 1.29 is 9.53 Å². The molecule has 3 rings (SSSR count). The molecule has 1 saturated heterocycles. The number of rotatable bonds is 4. The summed E-state index contributed by atoms with van der Waals surface area (Å²) in [4.78, 5) is 21.0. The van der Waals surface area contributed by atoms with E-state index in [0.29, 0.717) is 23.9 Å². The van der Waals surface area contributed by atoms with E-state index in [4.69, 9.17) is 16.3 Å². The molecular weight excluding hydrogens is 352 g/mol. The third kappa shape index (κ3) is 4.38. The van der Waals surface area contributed by atoms with Crippen molar-refractivity contribution in [1.82, 2.24) is 15.2 Å². The molecule has 0 atom stereocenters. The van der Waals surface area contributed by atoms with Gasteiger partial charge in [-0.1, -0.05) is 23.7 Å². The number of methoxy groups -OCH3 is 1. The number of carbonyl (C=O) groups excluding carboxylic acids is 1. The van der Waals surface area contributed by atoms with Crippen LogP contribution in [0.15, 0.2) is 42.6 Å². The van der Waals surface area contributed by atoms with Crippen LogP contribution in [0.25, 0.3) is 0 Å². The monoisotopic (exact) mass is 374 g/mol. The predicted molar refractivity (Wildman–Crippen MR) is 103 cm³/mol. The second kappa shape index (κ2) is 8.76. The number of carbonyl (C=O) groups is 1. The van der Waals surface area contributed by atoms with E-state index < -0.39 is 0 Å². The Bertz CT molecular complexity index is 742. The van der Waals surface area contributed by atoms with Crippen LogP contribution in [-0.4, -0.2) is 49.2 Å². The highest BCUT2D eigenvalue weighted by Crippen LogP contribution is 2.26. The van der Waals surface area contributed by atoms with Gasteiger partial charge in [0.05, 0.1) is 7.11 Å². The van der Waals surface area contributed by atoms with E-state index >= 15 is 0 Å². The molecule has 0 saturated carbocycles. The Hall–Kier alpha value is -2.47. The number of ether oxygens (including phenoxy) is 1. The molecule has 0 radical (unpaired) electrons. The summed E-state index contributed by atoms with van der Waals surface area (Å²) in [6.45, 7) is 3.36. The van der Waals surface area contributed by atoms with Gasteiger partial charge in [-0.25, -0.2) is 9.78 Å². The van der Waals surface area contributed by atoms with Crippen molar-refractivity contribution in [2.45, 2.75) is 13.0 Å². The lowest BCUT2D eigenvalue weighted by molar-refractivity contribution is 0.201. The van der Waals surface area contributed by atoms with Gasteiger partial charge in [-0.2, -0.15) is 0 Å². The fraction of sp³-hybridized carbons (Fsp3) is 0.368. The Balaban J connectivity index is 1.57. The summed E-state index contributed by atoms with van der Waals surface area (Å²) in [6.07, 6.45) is 2.70. The second-order valence-corrected chi connectivity index (χ2v) is 6.50. The third-order valence-electron chi connectivity index (χ3n) is 4.47. The molecule has 0 bridgehead atoms. The van der Waals surface area contributed by atoms with Gasteiger partial charge < -0.3 is 19.9 Å². The fourth-order valence-electron chi connectivity index (χ4n) is 3.07. The summed E-state index contributed by atoms with van der Waals surface area (Å²) in [5.41, 5.74) is 0.787. The van der Waals surface area contributed by atoms with Crippen molar-refractivity contribution in [3.8, 4) is 5.75 Å². The minimum atomic E-state index is -0.0881. The number of amides is 2. The van der Waals surface area contributed by atoms with Crippen molar-refractivity contribution in [2.75, 3.05) is 38.2 Å². The van der Waals surface area contributed by atoms with E-state index in [1.165, 1.54) is 0 Å². The van der Waals surface area contributed by atoms with Gasteiger partial charge in [-0.3, -0.25) is 0 Å². The molecule has 2 amide bonds. The van der Waals surface area contributed by atoms with E-state index in [0.717, 1.165) is 37.4 Å². The van der Waals surface area contributed by atoms with Crippen LogP contribution >= 0.6 is 11.6 Å². The van der Waals surface area contributed by atoms with Gasteiger partial charge in [0.1, 0.15) is 11.6 Å². The smallest absolute Gasteiger partial charge is 0.317 e. The van der Waals surface area contributed by atoms with Crippen molar-refractivity contribution in [1.29, 1.82) is 0 Å². The molecule has 1 aromatic heterocycles. The first-order valence-electron chi connectivity index (χ1n) is 8.69. The number of aromatic nitrogens is 1. The third-order valence-corrected chi connectivity index (χ3v) is 4.82. The van der Waals surface area contributed by atoms with Gasteiger partial charge in [-0.15, -0.1) is 0 Å². The first-order valence-corrected chi connectivity index (χ1v) is 9.07. The number of nitrogens with zero attached hydrogens (tertiary/aromatic N) is 3. The largest absolute Gasteiger partial charge is 0.496 e. The summed E-state index contributed by atoms with van der Waals surface area (Å²) < 4.78 is 5.32. The second-order valence-electron chi connectivity index (χ2n) is 6.09. The van der Waals surface area contributed by atoms with Crippen LogP contribution in [0.3, 0.4) is 0 Å². The molecule has 1 aromatic carbocycles. The summed E-state index contributed by atoms with van der Waals surface area (Å²) >= 11 is 6.23. The van der Waals surface area contributed by atoms with Gasteiger partial charge >= 0.3 is 6.03 Å². The number of halogens is 1. The van der Waals surface area contributed by atoms with Crippen LogP contribution in [0.2, 0.25) is 5.02 Å². The lowest BCUT2D eigenvalue weighted by Crippen LogP contribution is -2.41. The molecule has 1 aliphatic rings. The molecule has 0 unspecified atom stereocenters. The highest BCUT2D eigenvalue weighted by molar-refractivity contribution is 6.31. The molecule has 2 heterocycles. The van der Waals surface area contributed by atoms with Crippen molar-refractivity contribution in [3.63, 3.8) is 0 Å². The Morgan fingerprint density at radius 3 is 2.85 bits per heavy atom. The molecule has 2 aromatic rings. The van der Waals surface area contributed by atoms with E-state index in [9.17, 15) is 4.79 Å². The fourth-order valence-corrected chi connectivity index (χ4v) is 3.30. The van der Waals surface area contributed by atoms with E-state index in [-0.39, 0.29) is 6.03 Å². The maximum atomic E-state index is 12.6. The van der Waals surface area contributed by atoms with Crippen molar-refractivity contribution >= 4 is 23.4 Å². The first-order chi connectivity index (χ1) is 12.7. The van der Waals surface area contributed by atoms with E-state index in [1.54, 1.807) is 19.4 Å². The highest BCUT2D eigenvalue weighted by atomic mass is 35.5. The molecule has 1 N–H and O–H groups in total. The van der Waals surface area contributed by atoms with Crippen LogP contribution in [-0.2, 0) is 6.54 Å². The Labute approximate surface area is 158 Å². The average Bonchev–Trinajstić information content (AvgIpc) is 2.93. The molecule has 0 spiro atoms. The lowest BCUT2D eigenvalue weighted by Gasteiger charge is -2.23. The zero-order valence-electron chi connectivity index (χ0n) is 14.8. The standard InChI is InChI=1S/C19H23ClN4O2/c1-26-17-7-4-6-16(20)15(17)14-22-19(25)24-11-5-10-23(12-13-24)18-8-2-3-9-21-18/h2-4,6-9H,5,10-14H2,1H3,(H,22,25). The minimum Gasteiger partial charge on any atom is -0.496 e. The van der Waals surface area contributed by atoms with Crippen LogP contribution in [0.1, 0.15) is 12.0 Å². The summed E-state index contributed by atoms with van der Waals surface area (Å²) in [6, 6.07) is 11.3. The maximum absolute atomic E-state index is 12.6. The molecule has 1 aliphatic heterocycles. The first kappa shape index (κ1) is 18.3. The normalized spacial score (nSPS) is 14.7. The molecule has 1 fully saturated rings. The SMILES string of the molecule is COc1cccc(Cl)c1CNC(=O)N1CCCN(c2ccccn2)CC1. The Morgan fingerprint density at radius 1 is 1.19 bits per heavy atom. The number of anilines is 1. The molecule has 6 nitrogen and oxygen atoms in total. The molecule has 7 heteroatoms. The predicted octanol–water partition coefficient (Wildman–Crippen LogP) is 3.17. The van der Waals surface area contributed by atoms with Gasteiger partial charge in [0.25, 0.3) is 0 Å². The van der Waals surface area contributed by atoms with Gasteiger partial charge in [-0.05, 0) is 30.7 Å². The molecule has 138 valence electrons.